The number of aliphatic carboxylic acids is 1. The lowest BCUT2D eigenvalue weighted by Gasteiger charge is -2.31. The maximum absolute atomic E-state index is 12.8. The second-order valence-electron chi connectivity index (χ2n) is 6.87. The second-order valence-corrected chi connectivity index (χ2v) is 7.81. The number of carbonyl (C=O) groups excluding carboxylic acids is 2. The number of hydrogen-bond acceptors (Lipinski definition) is 8. The third-order valence-corrected chi connectivity index (χ3v) is 5.70. The summed E-state index contributed by atoms with van der Waals surface area (Å²) in [6.45, 7) is -0.113. The number of ether oxygens (including phenoxy) is 2. The van der Waals surface area contributed by atoms with Crippen LogP contribution in [-0.4, -0.2) is 106 Å². The fraction of sp³-hybridized carbons (Fsp3) is 0.421. The van der Waals surface area contributed by atoms with Crippen LogP contribution in [0.4, 0.5) is 4.79 Å². The summed E-state index contributed by atoms with van der Waals surface area (Å²) >= 11 is 0.914. The van der Waals surface area contributed by atoms with Gasteiger partial charge >= 0.3 is 17.2 Å². The van der Waals surface area contributed by atoms with Gasteiger partial charge in [-0.15, -0.1) is 0 Å². The van der Waals surface area contributed by atoms with Gasteiger partial charge in [0.15, 0.2) is 0 Å². The molecular formula is C19H23N4O7S+. The van der Waals surface area contributed by atoms with Crippen molar-refractivity contribution < 1.29 is 38.6 Å². The highest BCUT2D eigenvalue weighted by atomic mass is 32.2. The van der Waals surface area contributed by atoms with Crippen LogP contribution >= 0.6 is 11.8 Å². The number of rotatable bonds is 8. The fourth-order valence-electron chi connectivity index (χ4n) is 3.15. The van der Waals surface area contributed by atoms with Gasteiger partial charge in [-0.05, 0) is 41.0 Å². The molecule has 2 aliphatic heterocycles. The first-order valence-electron chi connectivity index (χ1n) is 9.30. The number of carbonyl (C=O) groups is 3. The number of methoxy groups -OCH3 is 1. The largest absolute Gasteiger partial charge is 0.497 e. The molecule has 12 heteroatoms. The predicted molar refractivity (Wildman–Crippen MR) is 112 cm³/mol. The van der Waals surface area contributed by atoms with E-state index >= 15 is 0 Å². The third kappa shape index (κ3) is 4.80. The molecule has 1 aromatic carbocycles. The molecule has 0 saturated carbocycles. The lowest BCUT2D eigenvalue weighted by atomic mass is 10.1. The number of carboxylic acids is 1. The van der Waals surface area contributed by atoms with E-state index in [-0.39, 0.29) is 29.9 Å². The third-order valence-electron chi connectivity index (χ3n) is 4.73. The number of aliphatic imine (C=N–C) groups is 1. The van der Waals surface area contributed by atoms with Crippen LogP contribution in [0.2, 0.25) is 0 Å². The molecule has 1 saturated heterocycles. The maximum Gasteiger partial charge on any atom is 0.358 e. The van der Waals surface area contributed by atoms with E-state index in [4.69, 9.17) is 14.6 Å². The standard InChI is InChI=1S/C19H22N4O7S/c1-21-16-15(17(27)22(2)19(21)28)23(18(20-16)31-10-14(25)26)8-11(24)9-30-13-6-4-12(29-3)5-7-13/h4-7,11,15,24H,8-10H2,1-3H3/p+1. The number of aliphatic hydroxyl groups excluding tert-OH is 1. The van der Waals surface area contributed by atoms with Gasteiger partial charge in [0.05, 0.1) is 7.11 Å². The van der Waals surface area contributed by atoms with Gasteiger partial charge in [-0.3, -0.25) is 19.4 Å². The van der Waals surface area contributed by atoms with Crippen LogP contribution in [0.1, 0.15) is 0 Å². The van der Waals surface area contributed by atoms with Crippen LogP contribution in [0, 0.1) is 0 Å². The normalized spacial score (nSPS) is 19.4. The van der Waals surface area contributed by atoms with Gasteiger partial charge in [0.1, 0.15) is 36.5 Å². The van der Waals surface area contributed by atoms with E-state index in [0.717, 1.165) is 16.7 Å². The van der Waals surface area contributed by atoms with Crippen LogP contribution < -0.4 is 9.47 Å². The molecule has 3 rings (SSSR count). The topological polar surface area (TPSA) is 132 Å². The number of benzene rings is 1. The molecule has 2 atom stereocenters. The van der Waals surface area contributed by atoms with Crippen LogP contribution in [0.3, 0.4) is 0 Å². The zero-order valence-corrected chi connectivity index (χ0v) is 18.0. The summed E-state index contributed by atoms with van der Waals surface area (Å²) in [4.78, 5) is 42.6. The van der Waals surface area contributed by atoms with E-state index in [2.05, 4.69) is 4.99 Å². The van der Waals surface area contributed by atoms with E-state index in [1.54, 1.807) is 31.4 Å². The number of imide groups is 1. The number of β-amino-alcohol motifs (C(OH)–C–C–N with tert-alkyl or cyclic N) is 1. The average Bonchev–Trinajstić information content (AvgIpc) is 3.11. The van der Waals surface area contributed by atoms with Crippen molar-refractivity contribution in [1.29, 1.82) is 0 Å². The molecule has 0 radical (unpaired) electrons. The Morgan fingerprint density at radius 1 is 1.23 bits per heavy atom. The van der Waals surface area contributed by atoms with Crippen molar-refractivity contribution in [2.24, 2.45) is 4.99 Å². The van der Waals surface area contributed by atoms with Crippen molar-refractivity contribution in [1.82, 2.24) is 9.80 Å². The van der Waals surface area contributed by atoms with Gasteiger partial charge in [-0.2, -0.15) is 0 Å². The number of amidine groups is 2. The van der Waals surface area contributed by atoms with Gasteiger partial charge in [-0.1, -0.05) is 0 Å². The van der Waals surface area contributed by atoms with Gasteiger partial charge in [0.25, 0.3) is 17.8 Å². The summed E-state index contributed by atoms with van der Waals surface area (Å²) in [5, 5.41) is 19.8. The Morgan fingerprint density at radius 2 is 1.87 bits per heavy atom. The molecule has 1 fully saturated rings. The Hall–Kier alpha value is -3.12. The van der Waals surface area contributed by atoms with Crippen LogP contribution in [0.15, 0.2) is 29.3 Å². The van der Waals surface area contributed by atoms with Gasteiger partial charge < -0.3 is 19.7 Å². The highest BCUT2D eigenvalue weighted by molar-refractivity contribution is 8.14. The smallest absolute Gasteiger partial charge is 0.358 e. The summed E-state index contributed by atoms with van der Waals surface area (Å²) in [5.41, 5.74) is 0. The average molecular weight is 451 g/mol. The van der Waals surface area contributed by atoms with Gasteiger partial charge in [0.2, 0.25) is 0 Å². The van der Waals surface area contributed by atoms with Gasteiger partial charge in [0, 0.05) is 14.1 Å². The molecule has 1 aromatic rings. The minimum atomic E-state index is -1.05. The molecule has 2 heterocycles. The van der Waals surface area contributed by atoms with Crippen molar-refractivity contribution in [2.45, 2.75) is 12.1 Å². The SMILES string of the molecule is COc1ccc(OCC(O)C[N+]2=C(SCC(=O)O)N=C3C2C(=O)N(C)C(=O)N3C)cc1. The van der Waals surface area contributed by atoms with Crippen LogP contribution in [0.25, 0.3) is 0 Å². The number of nitrogens with zero attached hydrogens (tertiary/aromatic N) is 4. The highest BCUT2D eigenvalue weighted by Gasteiger charge is 2.53. The summed E-state index contributed by atoms with van der Waals surface area (Å²) in [7, 11) is 4.41. The number of urea groups is 1. The summed E-state index contributed by atoms with van der Waals surface area (Å²) in [6.07, 6.45) is -1.02. The number of thioether (sulfide) groups is 1. The fourth-order valence-corrected chi connectivity index (χ4v) is 3.90. The van der Waals surface area contributed by atoms with Gasteiger partial charge in [-0.25, -0.2) is 9.37 Å². The minimum absolute atomic E-state index is 0.0443. The maximum atomic E-state index is 12.8. The van der Waals surface area contributed by atoms with Crippen LogP contribution in [-0.2, 0) is 9.59 Å². The van der Waals surface area contributed by atoms with Crippen molar-refractivity contribution in [3.05, 3.63) is 24.3 Å². The number of fused-ring (bicyclic) bond motifs is 1. The summed E-state index contributed by atoms with van der Waals surface area (Å²) < 4.78 is 12.2. The van der Waals surface area contributed by atoms with Crippen molar-refractivity contribution in [3.63, 3.8) is 0 Å². The zero-order chi connectivity index (χ0) is 22.7. The number of carboxylic acid groups (broad SMARTS) is 1. The molecule has 0 aromatic heterocycles. The van der Waals surface area contributed by atoms with E-state index in [1.165, 1.54) is 23.6 Å². The highest BCUT2D eigenvalue weighted by Crippen LogP contribution is 2.23. The molecule has 0 aliphatic carbocycles. The van der Waals surface area contributed by atoms with E-state index in [0.29, 0.717) is 11.5 Å². The van der Waals surface area contributed by atoms with Crippen molar-refractivity contribution in [3.8, 4) is 11.5 Å². The van der Waals surface area contributed by atoms with Crippen molar-refractivity contribution >= 4 is 40.7 Å². The first kappa shape index (κ1) is 22.6. The molecule has 2 aliphatic rings. The molecule has 2 N–H and O–H groups in total. The van der Waals surface area contributed by atoms with Crippen LogP contribution in [0.5, 0.6) is 11.5 Å². The lowest BCUT2D eigenvalue weighted by Crippen LogP contribution is -2.62. The molecule has 31 heavy (non-hydrogen) atoms. The quantitative estimate of drug-likeness (QED) is 0.525. The van der Waals surface area contributed by atoms with E-state index in [9.17, 15) is 19.5 Å². The number of amides is 3. The summed E-state index contributed by atoms with van der Waals surface area (Å²) in [6, 6.07) is 5.37. The minimum Gasteiger partial charge on any atom is -0.497 e. The Morgan fingerprint density at radius 3 is 2.48 bits per heavy atom. The molecule has 2 unspecified atom stereocenters. The molecule has 11 nitrogen and oxygen atoms in total. The number of aliphatic hydroxyl groups is 1. The Bertz CT molecular complexity index is 947. The lowest BCUT2D eigenvalue weighted by molar-refractivity contribution is -0.541. The first-order valence-corrected chi connectivity index (χ1v) is 10.3. The Balaban J connectivity index is 1.76. The van der Waals surface area contributed by atoms with E-state index in [1.807, 2.05) is 0 Å². The second kappa shape index (κ2) is 9.35. The first-order chi connectivity index (χ1) is 14.7. The molecule has 0 bridgehead atoms. The number of likely N-dealkylation sites (N-methyl/N-ethyl adjacent to an activating group) is 2. The molecule has 3 amide bonds. The summed E-state index contributed by atoms with van der Waals surface area (Å²) in [5.74, 6) is -0.441. The Labute approximate surface area is 182 Å². The van der Waals surface area contributed by atoms with Crippen molar-refractivity contribution in [2.75, 3.05) is 40.1 Å². The number of hydrogen-bond donors (Lipinski definition) is 2. The molecule has 166 valence electrons. The predicted octanol–water partition coefficient (Wildman–Crippen LogP) is -0.0743. The molecule has 0 spiro atoms. The zero-order valence-electron chi connectivity index (χ0n) is 17.2. The monoisotopic (exact) mass is 451 g/mol. The van der Waals surface area contributed by atoms with E-state index < -0.39 is 30.1 Å². The molecular weight excluding hydrogens is 428 g/mol. The Kier molecular flexibility index (Phi) is 6.81.